The number of nitrogens with one attached hydrogen (secondary N) is 1. The van der Waals surface area contributed by atoms with E-state index in [1.165, 1.54) is 0 Å². The minimum atomic E-state index is -1.16. The molecule has 188 valence electrons. The van der Waals surface area contributed by atoms with E-state index >= 15 is 0 Å². The number of carbonyl (C=O) groups excluding carboxylic acids is 1. The molecule has 36 heavy (non-hydrogen) atoms. The van der Waals surface area contributed by atoms with E-state index in [0.29, 0.717) is 42.7 Å². The average Bonchev–Trinajstić information content (AvgIpc) is 3.21. The van der Waals surface area contributed by atoms with Gasteiger partial charge in [-0.1, -0.05) is 57.9 Å². The quantitative estimate of drug-likeness (QED) is 0.323. The Morgan fingerprint density at radius 3 is 2.67 bits per heavy atom. The maximum Gasteiger partial charge on any atom is 0.252 e. The molecule has 3 aromatic carbocycles. The standard InChI is InChI=1S/C28H28BrClN2O4/c1-19-28(17-22-7-2-3-9-25(22)29,27(34)31-18-20-6-4-8-23(30)16-20)32-26(36-19)21-10-12-24(13-11-21)35-15-5-14-33/h2-4,6-13,16,19,33H,5,14-15,17-18H2,1H3,(H,31,34)/t19-,28-/m1/s1. The van der Waals surface area contributed by atoms with E-state index in [4.69, 9.17) is 31.2 Å². The second kappa shape index (κ2) is 11.9. The molecule has 1 amide bonds. The summed E-state index contributed by atoms with van der Waals surface area (Å²) in [7, 11) is 0. The SMILES string of the molecule is C[C@H]1OC(c2ccc(OCCCO)cc2)=N[C@@]1(Cc1ccccc1Br)C(=O)NCc1cccc(Cl)c1. The van der Waals surface area contributed by atoms with Gasteiger partial charge < -0.3 is 19.9 Å². The lowest BCUT2D eigenvalue weighted by atomic mass is 9.86. The maximum absolute atomic E-state index is 13.7. The van der Waals surface area contributed by atoms with Gasteiger partial charge in [-0.15, -0.1) is 0 Å². The summed E-state index contributed by atoms with van der Waals surface area (Å²) in [6, 6.07) is 22.6. The summed E-state index contributed by atoms with van der Waals surface area (Å²) in [5.41, 5.74) is 1.46. The smallest absolute Gasteiger partial charge is 0.252 e. The van der Waals surface area contributed by atoms with E-state index in [2.05, 4.69) is 21.2 Å². The number of carbonyl (C=O) groups is 1. The topological polar surface area (TPSA) is 80.2 Å². The molecule has 0 saturated carbocycles. The van der Waals surface area contributed by atoms with Gasteiger partial charge in [0.05, 0.1) is 6.61 Å². The highest BCUT2D eigenvalue weighted by molar-refractivity contribution is 9.10. The second-order valence-electron chi connectivity index (χ2n) is 8.63. The summed E-state index contributed by atoms with van der Waals surface area (Å²) < 4.78 is 12.7. The number of halogens is 2. The number of aliphatic imine (C=N–C) groups is 1. The Morgan fingerprint density at radius 1 is 1.17 bits per heavy atom. The lowest BCUT2D eigenvalue weighted by molar-refractivity contribution is -0.128. The van der Waals surface area contributed by atoms with Gasteiger partial charge in [-0.3, -0.25) is 4.79 Å². The lowest BCUT2D eigenvalue weighted by Crippen LogP contribution is -2.52. The highest BCUT2D eigenvalue weighted by Gasteiger charge is 2.50. The summed E-state index contributed by atoms with van der Waals surface area (Å²) in [5, 5.41) is 12.6. The van der Waals surface area contributed by atoms with Crippen LogP contribution in [-0.4, -0.2) is 41.8 Å². The van der Waals surface area contributed by atoms with E-state index in [1.807, 2.05) is 73.7 Å². The zero-order chi connectivity index (χ0) is 25.5. The summed E-state index contributed by atoms with van der Waals surface area (Å²) in [6.45, 7) is 2.72. The Labute approximate surface area is 224 Å². The number of nitrogens with zero attached hydrogens (tertiary/aromatic N) is 1. The Hall–Kier alpha value is -2.87. The highest BCUT2D eigenvalue weighted by Crippen LogP contribution is 2.34. The molecule has 3 aromatic rings. The van der Waals surface area contributed by atoms with Crippen LogP contribution in [0, 0.1) is 0 Å². The van der Waals surface area contributed by atoms with Gasteiger partial charge in [0.15, 0.2) is 5.54 Å². The van der Waals surface area contributed by atoms with Gasteiger partial charge in [0.25, 0.3) is 5.91 Å². The second-order valence-corrected chi connectivity index (χ2v) is 9.92. The van der Waals surface area contributed by atoms with Crippen LogP contribution in [0.3, 0.4) is 0 Å². The first kappa shape index (κ1) is 26.2. The van der Waals surface area contributed by atoms with Crippen molar-refractivity contribution in [3.63, 3.8) is 0 Å². The summed E-state index contributed by atoms with van der Waals surface area (Å²) in [4.78, 5) is 18.6. The molecule has 2 N–H and O–H groups in total. The third kappa shape index (κ3) is 6.09. The van der Waals surface area contributed by atoms with E-state index in [0.717, 1.165) is 21.2 Å². The van der Waals surface area contributed by atoms with Crippen LogP contribution in [0.2, 0.25) is 5.02 Å². The largest absolute Gasteiger partial charge is 0.494 e. The third-order valence-electron chi connectivity index (χ3n) is 6.09. The molecular formula is C28H28BrClN2O4. The number of rotatable bonds is 10. The molecule has 1 aliphatic heterocycles. The van der Waals surface area contributed by atoms with Crippen molar-refractivity contribution in [2.45, 2.75) is 38.0 Å². The van der Waals surface area contributed by atoms with Gasteiger partial charge in [-0.2, -0.15) is 0 Å². The van der Waals surface area contributed by atoms with Crippen molar-refractivity contribution in [3.05, 3.63) is 99.0 Å². The van der Waals surface area contributed by atoms with Gasteiger partial charge >= 0.3 is 0 Å². The Bertz CT molecular complexity index is 1230. The first-order chi connectivity index (χ1) is 17.4. The van der Waals surface area contributed by atoms with E-state index in [-0.39, 0.29) is 12.5 Å². The van der Waals surface area contributed by atoms with E-state index in [9.17, 15) is 4.79 Å². The van der Waals surface area contributed by atoms with Gasteiger partial charge in [-0.25, -0.2) is 4.99 Å². The maximum atomic E-state index is 13.7. The van der Waals surface area contributed by atoms with Crippen LogP contribution in [0.1, 0.15) is 30.0 Å². The number of hydrogen-bond acceptors (Lipinski definition) is 5. The minimum Gasteiger partial charge on any atom is -0.494 e. The zero-order valence-electron chi connectivity index (χ0n) is 19.9. The number of ether oxygens (including phenoxy) is 2. The molecule has 4 rings (SSSR count). The van der Waals surface area contributed by atoms with Crippen LogP contribution in [0.15, 0.2) is 82.3 Å². The first-order valence-corrected chi connectivity index (χ1v) is 12.9. The number of aliphatic hydroxyl groups excluding tert-OH is 1. The normalized spacial score (nSPS) is 18.9. The van der Waals surface area contributed by atoms with Gasteiger partial charge in [0.1, 0.15) is 11.9 Å². The average molecular weight is 572 g/mol. The first-order valence-electron chi connectivity index (χ1n) is 11.8. The van der Waals surface area contributed by atoms with Crippen molar-refractivity contribution < 1.29 is 19.4 Å². The van der Waals surface area contributed by atoms with Crippen molar-refractivity contribution >= 4 is 39.3 Å². The summed E-state index contributed by atoms with van der Waals surface area (Å²) >= 11 is 9.73. The van der Waals surface area contributed by atoms with Crippen molar-refractivity contribution in [1.29, 1.82) is 0 Å². The van der Waals surface area contributed by atoms with Gasteiger partial charge in [0, 0.05) is 41.1 Å². The molecule has 0 unspecified atom stereocenters. The van der Waals surface area contributed by atoms with Crippen molar-refractivity contribution in [2.75, 3.05) is 13.2 Å². The Balaban J connectivity index is 1.61. The molecule has 2 atom stereocenters. The molecule has 1 aliphatic rings. The fourth-order valence-electron chi connectivity index (χ4n) is 4.06. The lowest BCUT2D eigenvalue weighted by Gasteiger charge is -2.28. The predicted molar refractivity (Wildman–Crippen MR) is 145 cm³/mol. The molecule has 8 heteroatoms. The number of hydrogen-bond donors (Lipinski definition) is 2. The van der Waals surface area contributed by atoms with Crippen molar-refractivity contribution in [3.8, 4) is 5.75 Å². The minimum absolute atomic E-state index is 0.0829. The van der Waals surface area contributed by atoms with Crippen LogP contribution in [0.25, 0.3) is 0 Å². The molecule has 6 nitrogen and oxygen atoms in total. The third-order valence-corrected chi connectivity index (χ3v) is 7.10. The number of benzene rings is 3. The zero-order valence-corrected chi connectivity index (χ0v) is 22.3. The fourth-order valence-corrected chi connectivity index (χ4v) is 4.70. The molecule has 0 spiro atoms. The fraction of sp³-hybridized carbons (Fsp3) is 0.286. The van der Waals surface area contributed by atoms with Crippen LogP contribution < -0.4 is 10.1 Å². The van der Waals surface area contributed by atoms with Crippen LogP contribution in [0.5, 0.6) is 5.75 Å². The van der Waals surface area contributed by atoms with Crippen molar-refractivity contribution in [1.82, 2.24) is 5.32 Å². The molecule has 0 radical (unpaired) electrons. The molecule has 1 heterocycles. The van der Waals surface area contributed by atoms with E-state index in [1.54, 1.807) is 6.07 Å². The Kier molecular flexibility index (Phi) is 8.67. The number of amides is 1. The van der Waals surface area contributed by atoms with Gasteiger partial charge in [-0.05, 0) is 60.5 Å². The highest BCUT2D eigenvalue weighted by atomic mass is 79.9. The predicted octanol–water partition coefficient (Wildman–Crippen LogP) is 5.33. The Morgan fingerprint density at radius 2 is 1.94 bits per heavy atom. The molecular weight excluding hydrogens is 544 g/mol. The molecule has 0 fully saturated rings. The van der Waals surface area contributed by atoms with Crippen LogP contribution >= 0.6 is 27.5 Å². The molecule has 0 saturated heterocycles. The van der Waals surface area contributed by atoms with Crippen LogP contribution in [-0.2, 0) is 22.5 Å². The number of aliphatic hydroxyl groups is 1. The molecule has 0 aliphatic carbocycles. The summed E-state index contributed by atoms with van der Waals surface area (Å²) in [5.74, 6) is 0.886. The summed E-state index contributed by atoms with van der Waals surface area (Å²) in [6.07, 6.45) is 0.430. The van der Waals surface area contributed by atoms with Crippen molar-refractivity contribution in [2.24, 2.45) is 4.99 Å². The molecule has 0 aromatic heterocycles. The van der Waals surface area contributed by atoms with E-state index < -0.39 is 11.6 Å². The monoisotopic (exact) mass is 570 g/mol. The molecule has 0 bridgehead atoms. The van der Waals surface area contributed by atoms with Gasteiger partial charge in [0.2, 0.25) is 5.90 Å². The van der Waals surface area contributed by atoms with Crippen LogP contribution in [0.4, 0.5) is 0 Å².